The fourth-order valence-corrected chi connectivity index (χ4v) is 3.69. The van der Waals surface area contributed by atoms with Crippen LogP contribution in [0.2, 0.25) is 0 Å². The number of nitrogens with zero attached hydrogens (tertiary/aromatic N) is 2. The Morgan fingerprint density at radius 3 is 2.83 bits per heavy atom. The van der Waals surface area contributed by atoms with E-state index in [0.717, 1.165) is 36.3 Å². The number of hydrogen-bond donors (Lipinski definition) is 1. The summed E-state index contributed by atoms with van der Waals surface area (Å²) in [5.74, 6) is 2.10. The van der Waals surface area contributed by atoms with Gasteiger partial charge in [-0.05, 0) is 30.2 Å². The van der Waals surface area contributed by atoms with E-state index >= 15 is 0 Å². The van der Waals surface area contributed by atoms with Crippen molar-refractivity contribution in [2.75, 3.05) is 24.8 Å². The Bertz CT molecular complexity index is 839. The topological polar surface area (TPSA) is 54.3 Å². The minimum Gasteiger partial charge on any atom is -0.454 e. The summed E-state index contributed by atoms with van der Waals surface area (Å²) in [5.41, 5.74) is 1.43. The van der Waals surface area contributed by atoms with E-state index in [-0.39, 0.29) is 19.2 Å². The summed E-state index contributed by atoms with van der Waals surface area (Å²) in [6.45, 7) is 1.84. The number of rotatable bonds is 1. The maximum Gasteiger partial charge on any atom is 0.231 e. The number of hydrogen-bond acceptors (Lipinski definition) is 5. The second-order valence-electron chi connectivity index (χ2n) is 6.01. The predicted molar refractivity (Wildman–Crippen MR) is 93.5 cm³/mol. The molecule has 5 nitrogen and oxygen atoms in total. The zero-order chi connectivity index (χ0) is 15.4. The summed E-state index contributed by atoms with van der Waals surface area (Å²) in [6.07, 6.45) is 0.995. The number of aliphatic hydroxyl groups is 1. The van der Waals surface area contributed by atoms with Crippen molar-refractivity contribution >= 4 is 23.9 Å². The van der Waals surface area contributed by atoms with Crippen LogP contribution in [0.3, 0.4) is 0 Å². The quantitative estimate of drug-likeness (QED) is 0.864. The molecule has 0 fully saturated rings. The molecule has 0 saturated carbocycles. The van der Waals surface area contributed by atoms with E-state index in [4.69, 9.17) is 9.47 Å². The van der Waals surface area contributed by atoms with Crippen LogP contribution in [-0.4, -0.2) is 30.8 Å². The summed E-state index contributed by atoms with van der Waals surface area (Å²) >= 11 is 0. The van der Waals surface area contributed by atoms with E-state index in [1.807, 2.05) is 42.5 Å². The summed E-state index contributed by atoms with van der Waals surface area (Å²) in [4.78, 5) is 6.78. The number of para-hydroxylation sites is 1. The van der Waals surface area contributed by atoms with Gasteiger partial charge in [0, 0.05) is 24.3 Å². The third-order valence-corrected chi connectivity index (χ3v) is 4.76. The van der Waals surface area contributed by atoms with E-state index < -0.39 is 5.60 Å². The summed E-state index contributed by atoms with van der Waals surface area (Å²) in [6, 6.07) is 13.6. The summed E-state index contributed by atoms with van der Waals surface area (Å²) in [7, 11) is 0. The molecule has 3 aliphatic rings. The maximum atomic E-state index is 11.7. The van der Waals surface area contributed by atoms with Crippen molar-refractivity contribution in [1.29, 1.82) is 0 Å². The van der Waals surface area contributed by atoms with E-state index in [1.54, 1.807) is 0 Å². The Kier molecular flexibility index (Phi) is 3.44. The Balaban J connectivity index is 0.00000146. The van der Waals surface area contributed by atoms with Crippen LogP contribution in [0, 0.1) is 0 Å². The molecule has 2 aromatic rings. The molecule has 2 aromatic carbocycles. The second kappa shape index (κ2) is 5.40. The van der Waals surface area contributed by atoms with E-state index in [0.29, 0.717) is 17.3 Å². The molecule has 124 valence electrons. The first-order valence-electron chi connectivity index (χ1n) is 7.83. The molecule has 0 saturated heterocycles. The Hall–Kier alpha value is -2.24. The van der Waals surface area contributed by atoms with Crippen LogP contribution in [0.15, 0.2) is 47.5 Å². The Morgan fingerprint density at radius 1 is 1.08 bits per heavy atom. The molecular formula is C18H17ClN2O3. The van der Waals surface area contributed by atoms with Crippen molar-refractivity contribution < 1.29 is 14.6 Å². The first-order chi connectivity index (χ1) is 11.3. The van der Waals surface area contributed by atoms with Gasteiger partial charge in [-0.15, -0.1) is 12.4 Å². The average molecular weight is 345 g/mol. The Labute approximate surface area is 145 Å². The highest BCUT2D eigenvalue weighted by Crippen LogP contribution is 2.47. The van der Waals surface area contributed by atoms with Gasteiger partial charge in [0.2, 0.25) is 6.79 Å². The third kappa shape index (κ3) is 1.88. The highest BCUT2D eigenvalue weighted by molar-refractivity contribution is 6.12. The number of halogens is 1. The number of amidine groups is 1. The first kappa shape index (κ1) is 15.3. The van der Waals surface area contributed by atoms with E-state index in [9.17, 15) is 5.11 Å². The average Bonchev–Trinajstić information content (AvgIpc) is 3.17. The number of ether oxygens (including phenoxy) is 2. The third-order valence-electron chi connectivity index (χ3n) is 4.76. The lowest BCUT2D eigenvalue weighted by molar-refractivity contribution is 0.157. The van der Waals surface area contributed by atoms with Gasteiger partial charge in [0.05, 0.1) is 0 Å². The summed E-state index contributed by atoms with van der Waals surface area (Å²) < 4.78 is 10.9. The van der Waals surface area contributed by atoms with Gasteiger partial charge in [-0.25, -0.2) is 0 Å². The van der Waals surface area contributed by atoms with Crippen LogP contribution in [0.4, 0.5) is 5.69 Å². The van der Waals surface area contributed by atoms with Crippen molar-refractivity contribution in [3.63, 3.8) is 0 Å². The largest absolute Gasteiger partial charge is 0.454 e. The monoisotopic (exact) mass is 344 g/mol. The molecule has 0 aromatic heterocycles. The zero-order valence-electron chi connectivity index (χ0n) is 12.9. The van der Waals surface area contributed by atoms with Crippen LogP contribution >= 0.6 is 12.4 Å². The van der Waals surface area contributed by atoms with Gasteiger partial charge in [-0.1, -0.05) is 24.3 Å². The van der Waals surface area contributed by atoms with Crippen molar-refractivity contribution in [1.82, 2.24) is 0 Å². The number of benzene rings is 2. The SMILES string of the molecule is Cl.OC1(c2ccc3c(c2)OCO3)C2=NCCCN2c2ccccc21. The fourth-order valence-electron chi connectivity index (χ4n) is 3.69. The lowest BCUT2D eigenvalue weighted by atomic mass is 9.86. The van der Waals surface area contributed by atoms with Crippen LogP contribution in [0.5, 0.6) is 11.5 Å². The highest BCUT2D eigenvalue weighted by Gasteiger charge is 2.49. The van der Waals surface area contributed by atoms with Crippen LogP contribution in [0.1, 0.15) is 17.5 Å². The fraction of sp³-hybridized carbons (Fsp3) is 0.278. The molecule has 1 N–H and O–H groups in total. The molecular weight excluding hydrogens is 328 g/mol. The van der Waals surface area contributed by atoms with Crippen molar-refractivity contribution in [3.8, 4) is 11.5 Å². The molecule has 0 bridgehead atoms. The maximum absolute atomic E-state index is 11.7. The highest BCUT2D eigenvalue weighted by atomic mass is 35.5. The molecule has 0 amide bonds. The van der Waals surface area contributed by atoms with Gasteiger partial charge in [0.15, 0.2) is 17.1 Å². The molecule has 6 heteroatoms. The smallest absolute Gasteiger partial charge is 0.231 e. The minimum atomic E-state index is -1.24. The molecule has 1 unspecified atom stereocenters. The van der Waals surface area contributed by atoms with Crippen molar-refractivity contribution in [3.05, 3.63) is 53.6 Å². The lowest BCUT2D eigenvalue weighted by Gasteiger charge is -2.30. The molecule has 5 rings (SSSR count). The molecule has 3 heterocycles. The zero-order valence-corrected chi connectivity index (χ0v) is 13.8. The lowest BCUT2D eigenvalue weighted by Crippen LogP contribution is -2.44. The summed E-state index contributed by atoms with van der Waals surface area (Å²) in [5, 5.41) is 11.7. The van der Waals surface area contributed by atoms with Crippen molar-refractivity contribution in [2.45, 2.75) is 12.0 Å². The molecule has 0 radical (unpaired) electrons. The normalized spacial score (nSPS) is 23.2. The van der Waals surface area contributed by atoms with Crippen molar-refractivity contribution in [2.24, 2.45) is 4.99 Å². The van der Waals surface area contributed by atoms with Gasteiger partial charge >= 0.3 is 0 Å². The van der Waals surface area contributed by atoms with E-state index in [2.05, 4.69) is 9.89 Å². The number of fused-ring (bicyclic) bond motifs is 4. The number of anilines is 1. The molecule has 1 atom stereocenters. The van der Waals surface area contributed by atoms with Crippen LogP contribution < -0.4 is 14.4 Å². The molecule has 0 spiro atoms. The van der Waals surface area contributed by atoms with Gasteiger partial charge in [0.1, 0.15) is 5.84 Å². The van der Waals surface area contributed by atoms with Crippen LogP contribution in [0.25, 0.3) is 0 Å². The Morgan fingerprint density at radius 2 is 1.92 bits per heavy atom. The molecule has 24 heavy (non-hydrogen) atoms. The van der Waals surface area contributed by atoms with Gasteiger partial charge in [-0.2, -0.15) is 0 Å². The molecule has 0 aliphatic carbocycles. The second-order valence-corrected chi connectivity index (χ2v) is 6.01. The minimum absolute atomic E-state index is 0. The van der Waals surface area contributed by atoms with E-state index in [1.165, 1.54) is 0 Å². The predicted octanol–water partition coefficient (Wildman–Crippen LogP) is 2.70. The van der Waals surface area contributed by atoms with Gasteiger partial charge < -0.3 is 19.5 Å². The molecule has 3 aliphatic heterocycles. The standard InChI is InChI=1S/C18H16N2O3.ClH/c21-18(12-6-7-15-16(10-12)23-11-22-15)13-4-1-2-5-14(13)20-9-3-8-19-17(18)20;/h1-2,4-7,10,21H,3,8-9,11H2;1H. The first-order valence-corrected chi connectivity index (χ1v) is 7.83. The van der Waals surface area contributed by atoms with Gasteiger partial charge in [-0.3, -0.25) is 4.99 Å². The van der Waals surface area contributed by atoms with Gasteiger partial charge in [0.25, 0.3) is 0 Å². The van der Waals surface area contributed by atoms with Crippen LogP contribution in [-0.2, 0) is 5.60 Å². The number of aliphatic imine (C=N–C) groups is 1.